The van der Waals surface area contributed by atoms with E-state index in [9.17, 15) is 0 Å². The summed E-state index contributed by atoms with van der Waals surface area (Å²) in [6.07, 6.45) is 5.32. The first-order valence-electron chi connectivity index (χ1n) is 6.40. The highest BCUT2D eigenvalue weighted by Crippen LogP contribution is 2.32. The first-order chi connectivity index (χ1) is 8.16. The number of hydrogen-bond acceptors (Lipinski definition) is 2. The van der Waals surface area contributed by atoms with Crippen molar-refractivity contribution in [2.75, 3.05) is 5.73 Å². The molecule has 2 rings (SSSR count). The summed E-state index contributed by atoms with van der Waals surface area (Å²) >= 11 is 0. The average molecular weight is 231 g/mol. The standard InChI is InChI=1S/C14H21N3/c1-4-14(5-2,6-3)17-10-16-12-9-11(15)7-8-13(12)17/h7-10H,4-6,15H2,1-3H3. The quantitative estimate of drug-likeness (QED) is 0.818. The van der Waals surface area contributed by atoms with Crippen molar-refractivity contribution in [3.63, 3.8) is 0 Å². The van der Waals surface area contributed by atoms with Crippen molar-refractivity contribution in [1.82, 2.24) is 9.55 Å². The summed E-state index contributed by atoms with van der Waals surface area (Å²) in [7, 11) is 0. The van der Waals surface area contributed by atoms with E-state index >= 15 is 0 Å². The van der Waals surface area contributed by atoms with Gasteiger partial charge in [-0.1, -0.05) is 20.8 Å². The molecule has 0 spiro atoms. The lowest BCUT2D eigenvalue weighted by atomic mass is 9.89. The molecule has 1 aromatic carbocycles. The molecular formula is C14H21N3. The first kappa shape index (κ1) is 12.0. The van der Waals surface area contributed by atoms with Crippen molar-refractivity contribution in [2.24, 2.45) is 0 Å². The number of aromatic nitrogens is 2. The van der Waals surface area contributed by atoms with E-state index < -0.39 is 0 Å². The zero-order chi connectivity index (χ0) is 12.5. The highest BCUT2D eigenvalue weighted by atomic mass is 15.1. The molecule has 0 aliphatic rings. The van der Waals surface area contributed by atoms with Gasteiger partial charge in [-0.3, -0.25) is 0 Å². The maximum Gasteiger partial charge on any atom is 0.0963 e. The van der Waals surface area contributed by atoms with Gasteiger partial charge in [-0.2, -0.15) is 0 Å². The van der Waals surface area contributed by atoms with Gasteiger partial charge in [0.25, 0.3) is 0 Å². The van der Waals surface area contributed by atoms with Crippen molar-refractivity contribution in [3.8, 4) is 0 Å². The molecule has 3 heteroatoms. The second-order valence-corrected chi connectivity index (χ2v) is 4.65. The lowest BCUT2D eigenvalue weighted by Gasteiger charge is -2.33. The number of benzene rings is 1. The number of fused-ring (bicyclic) bond motifs is 1. The summed E-state index contributed by atoms with van der Waals surface area (Å²) in [6, 6.07) is 5.97. The topological polar surface area (TPSA) is 43.8 Å². The molecule has 92 valence electrons. The second kappa shape index (κ2) is 4.40. The van der Waals surface area contributed by atoms with Crippen LogP contribution in [0.2, 0.25) is 0 Å². The van der Waals surface area contributed by atoms with Gasteiger partial charge >= 0.3 is 0 Å². The van der Waals surface area contributed by atoms with E-state index in [2.05, 4.69) is 36.4 Å². The molecule has 0 fully saturated rings. The highest BCUT2D eigenvalue weighted by Gasteiger charge is 2.27. The monoisotopic (exact) mass is 231 g/mol. The van der Waals surface area contributed by atoms with Crippen molar-refractivity contribution < 1.29 is 0 Å². The molecule has 3 nitrogen and oxygen atoms in total. The molecule has 0 unspecified atom stereocenters. The highest BCUT2D eigenvalue weighted by molar-refractivity contribution is 5.79. The van der Waals surface area contributed by atoms with Crippen LogP contribution in [0.4, 0.5) is 5.69 Å². The Morgan fingerprint density at radius 1 is 1.18 bits per heavy atom. The van der Waals surface area contributed by atoms with E-state index in [1.165, 1.54) is 5.52 Å². The van der Waals surface area contributed by atoms with Gasteiger partial charge in [0.05, 0.1) is 17.4 Å². The molecule has 0 radical (unpaired) electrons. The summed E-state index contributed by atoms with van der Waals surface area (Å²) in [5.74, 6) is 0. The molecule has 17 heavy (non-hydrogen) atoms. The first-order valence-corrected chi connectivity index (χ1v) is 6.40. The summed E-state index contributed by atoms with van der Waals surface area (Å²) in [5, 5.41) is 0. The van der Waals surface area contributed by atoms with Gasteiger partial charge in [0.1, 0.15) is 0 Å². The lowest BCUT2D eigenvalue weighted by molar-refractivity contribution is 0.258. The Hall–Kier alpha value is -1.51. The van der Waals surface area contributed by atoms with E-state index in [1.54, 1.807) is 0 Å². The Morgan fingerprint density at radius 3 is 2.41 bits per heavy atom. The number of nitrogen functional groups attached to an aromatic ring is 1. The van der Waals surface area contributed by atoms with E-state index in [4.69, 9.17) is 5.73 Å². The Bertz CT molecular complexity index is 501. The molecular weight excluding hydrogens is 210 g/mol. The van der Waals surface area contributed by atoms with Crippen LogP contribution in [0.1, 0.15) is 40.0 Å². The Morgan fingerprint density at radius 2 is 1.82 bits per heavy atom. The molecule has 0 aliphatic heterocycles. The number of hydrogen-bond donors (Lipinski definition) is 1. The van der Waals surface area contributed by atoms with Crippen LogP contribution in [0.15, 0.2) is 24.5 Å². The smallest absolute Gasteiger partial charge is 0.0963 e. The fourth-order valence-electron chi connectivity index (χ4n) is 2.67. The van der Waals surface area contributed by atoms with Gasteiger partial charge < -0.3 is 10.3 Å². The second-order valence-electron chi connectivity index (χ2n) is 4.65. The minimum absolute atomic E-state index is 0.185. The third-order valence-corrected chi connectivity index (χ3v) is 4.06. The van der Waals surface area contributed by atoms with E-state index in [1.807, 2.05) is 18.5 Å². The average Bonchev–Trinajstić information content (AvgIpc) is 2.76. The number of imidazole rings is 1. The van der Waals surface area contributed by atoms with Crippen molar-refractivity contribution in [3.05, 3.63) is 24.5 Å². The molecule has 1 heterocycles. The zero-order valence-corrected chi connectivity index (χ0v) is 10.9. The number of nitrogens with two attached hydrogens (primary N) is 1. The zero-order valence-electron chi connectivity index (χ0n) is 10.9. The van der Waals surface area contributed by atoms with Gasteiger partial charge in [-0.05, 0) is 37.5 Å². The summed E-state index contributed by atoms with van der Waals surface area (Å²) in [6.45, 7) is 6.74. The van der Waals surface area contributed by atoms with Crippen LogP contribution in [0.3, 0.4) is 0 Å². The van der Waals surface area contributed by atoms with Crippen molar-refractivity contribution in [1.29, 1.82) is 0 Å². The molecule has 1 aromatic heterocycles. The maximum absolute atomic E-state index is 5.79. The van der Waals surface area contributed by atoms with Gasteiger partial charge in [-0.25, -0.2) is 4.98 Å². The number of rotatable bonds is 4. The third-order valence-electron chi connectivity index (χ3n) is 4.06. The fraction of sp³-hybridized carbons (Fsp3) is 0.500. The van der Waals surface area contributed by atoms with Gasteiger partial charge in [0.2, 0.25) is 0 Å². The van der Waals surface area contributed by atoms with Crippen LogP contribution < -0.4 is 5.73 Å². The third kappa shape index (κ3) is 1.79. The predicted octanol–water partition coefficient (Wildman–Crippen LogP) is 3.54. The minimum atomic E-state index is 0.185. The van der Waals surface area contributed by atoms with Gasteiger partial charge in [0, 0.05) is 11.2 Å². The van der Waals surface area contributed by atoms with Crippen LogP contribution in [0.5, 0.6) is 0 Å². The van der Waals surface area contributed by atoms with Crippen LogP contribution in [0.25, 0.3) is 11.0 Å². The molecule has 2 N–H and O–H groups in total. The summed E-state index contributed by atoms with van der Waals surface area (Å²) in [4.78, 5) is 4.47. The maximum atomic E-state index is 5.79. The van der Waals surface area contributed by atoms with E-state index in [-0.39, 0.29) is 5.54 Å². The van der Waals surface area contributed by atoms with Crippen LogP contribution in [-0.4, -0.2) is 9.55 Å². The predicted molar refractivity (Wildman–Crippen MR) is 73.0 cm³/mol. The van der Waals surface area contributed by atoms with Crippen LogP contribution >= 0.6 is 0 Å². The Balaban J connectivity index is 2.62. The molecule has 0 aliphatic carbocycles. The minimum Gasteiger partial charge on any atom is -0.399 e. The SMILES string of the molecule is CCC(CC)(CC)n1cnc2cc(N)ccc21. The normalized spacial score (nSPS) is 12.2. The van der Waals surface area contributed by atoms with Crippen molar-refractivity contribution in [2.45, 2.75) is 45.6 Å². The number of nitrogens with zero attached hydrogens (tertiary/aromatic N) is 2. The number of anilines is 1. The Kier molecular flexibility index (Phi) is 3.09. The molecule has 0 saturated carbocycles. The van der Waals surface area contributed by atoms with E-state index in [0.29, 0.717) is 0 Å². The largest absolute Gasteiger partial charge is 0.399 e. The fourth-order valence-corrected chi connectivity index (χ4v) is 2.67. The lowest BCUT2D eigenvalue weighted by Crippen LogP contribution is -2.30. The molecule has 0 saturated heterocycles. The van der Waals surface area contributed by atoms with Crippen LogP contribution in [-0.2, 0) is 5.54 Å². The molecule has 0 atom stereocenters. The molecule has 2 aromatic rings. The van der Waals surface area contributed by atoms with Crippen molar-refractivity contribution >= 4 is 16.7 Å². The van der Waals surface area contributed by atoms with Crippen LogP contribution in [0, 0.1) is 0 Å². The summed E-state index contributed by atoms with van der Waals surface area (Å²) < 4.78 is 2.32. The molecule has 0 amide bonds. The van der Waals surface area contributed by atoms with Gasteiger partial charge in [-0.15, -0.1) is 0 Å². The Labute approximate surface area is 103 Å². The molecule has 0 bridgehead atoms. The van der Waals surface area contributed by atoms with E-state index in [0.717, 1.165) is 30.5 Å². The van der Waals surface area contributed by atoms with Gasteiger partial charge in [0.15, 0.2) is 0 Å². The summed E-state index contributed by atoms with van der Waals surface area (Å²) in [5.41, 5.74) is 8.93.